The number of ether oxygens (including phenoxy) is 1. The van der Waals surface area contributed by atoms with E-state index in [1.807, 2.05) is 0 Å². The molecule has 6 aliphatic rings. The molecule has 16 rings (SSSR count). The van der Waals surface area contributed by atoms with Crippen molar-refractivity contribution in [1.82, 2.24) is 0 Å². The van der Waals surface area contributed by atoms with Gasteiger partial charge in [-0.15, -0.1) is 11.8 Å². The van der Waals surface area contributed by atoms with E-state index in [2.05, 4.69) is 299 Å². The zero-order chi connectivity index (χ0) is 53.9. The number of anilines is 8. The van der Waals surface area contributed by atoms with Gasteiger partial charge in [0.05, 0.1) is 21.8 Å². The SMILES string of the molecule is CC(C)(C)c1ccc(N2C3=C(OC4(C3)c3ccccc3-c3ccccc34)B3c4cc5c(cc4N(c4ccc(C(C)(C)C)cc4)c4cc(N(c6ccccc6)c6ccccc6)cc2c43)SC2(C5)c3ccccc3-c3ccccc32)cc1. The molecule has 2 spiro atoms. The Balaban J connectivity index is 1.01. The molecule has 0 unspecified atom stereocenters. The second-order valence-corrected chi connectivity index (χ2v) is 26.2. The molecule has 4 nitrogen and oxygen atoms in total. The Bertz CT molecular complexity index is 4100. The van der Waals surface area contributed by atoms with Crippen LogP contribution in [0.3, 0.4) is 0 Å². The fourth-order valence-electron chi connectivity index (χ4n) is 14.5. The zero-order valence-electron chi connectivity index (χ0n) is 46.1. The Hall–Kier alpha value is -8.45. The smallest absolute Gasteiger partial charge is 0.296 e. The van der Waals surface area contributed by atoms with Gasteiger partial charge in [-0.05, 0) is 145 Å². The first-order valence-electron chi connectivity index (χ1n) is 28.4. The minimum absolute atomic E-state index is 0.0206. The summed E-state index contributed by atoms with van der Waals surface area (Å²) in [4.78, 5) is 8.98. The molecule has 2 aliphatic carbocycles. The van der Waals surface area contributed by atoms with Crippen LogP contribution in [0.5, 0.6) is 0 Å². The van der Waals surface area contributed by atoms with Crippen molar-refractivity contribution in [2.75, 3.05) is 14.7 Å². The summed E-state index contributed by atoms with van der Waals surface area (Å²) < 4.78 is 7.97. The van der Waals surface area contributed by atoms with Gasteiger partial charge in [-0.3, -0.25) is 0 Å². The lowest BCUT2D eigenvalue weighted by Crippen LogP contribution is -2.56. The number of hydrogen-bond donors (Lipinski definition) is 0. The third kappa shape index (κ3) is 6.78. The molecule has 0 aromatic heterocycles. The van der Waals surface area contributed by atoms with Crippen LogP contribution >= 0.6 is 11.8 Å². The Morgan fingerprint density at radius 3 is 1.41 bits per heavy atom. The predicted molar refractivity (Wildman–Crippen MR) is 334 cm³/mol. The maximum atomic E-state index is 8.22. The highest BCUT2D eigenvalue weighted by Gasteiger charge is 2.58. The minimum Gasteiger partial charge on any atom is -0.489 e. The van der Waals surface area contributed by atoms with Gasteiger partial charge in [0, 0.05) is 62.3 Å². The number of hydrogen-bond acceptors (Lipinski definition) is 5. The molecule has 0 saturated heterocycles. The average Bonchev–Trinajstić information content (AvgIpc) is 2.56. The van der Waals surface area contributed by atoms with Crippen LogP contribution in [0.25, 0.3) is 22.3 Å². The quantitative estimate of drug-likeness (QED) is 0.160. The maximum absolute atomic E-state index is 8.22. The van der Waals surface area contributed by atoms with Crippen molar-refractivity contribution in [3.8, 4) is 22.3 Å². The number of para-hydroxylation sites is 2. The molecule has 0 N–H and O–H groups in total. The Kier molecular flexibility index (Phi) is 10.1. The van der Waals surface area contributed by atoms with E-state index >= 15 is 0 Å². The van der Waals surface area contributed by atoms with Crippen LogP contribution in [0.15, 0.2) is 247 Å². The molecule has 0 atom stereocenters. The maximum Gasteiger partial charge on any atom is 0.296 e. The Labute approximate surface area is 475 Å². The molecule has 10 aromatic carbocycles. The lowest BCUT2D eigenvalue weighted by molar-refractivity contribution is 0.0783. The van der Waals surface area contributed by atoms with Gasteiger partial charge in [-0.1, -0.05) is 205 Å². The van der Waals surface area contributed by atoms with Crippen LogP contribution in [-0.4, -0.2) is 6.71 Å². The molecule has 0 fully saturated rings. The third-order valence-electron chi connectivity index (χ3n) is 18.2. The summed E-state index contributed by atoms with van der Waals surface area (Å²) in [5, 5.41) is 0. The molecule has 0 amide bonds. The van der Waals surface area contributed by atoms with Gasteiger partial charge >= 0.3 is 0 Å². The van der Waals surface area contributed by atoms with E-state index in [1.54, 1.807) is 0 Å². The van der Waals surface area contributed by atoms with E-state index < -0.39 is 5.60 Å². The average molecular weight is 1050 g/mol. The molecule has 386 valence electrons. The van der Waals surface area contributed by atoms with Crippen molar-refractivity contribution in [2.24, 2.45) is 0 Å². The monoisotopic (exact) mass is 1050 g/mol. The van der Waals surface area contributed by atoms with Crippen LogP contribution in [-0.2, 0) is 32.3 Å². The van der Waals surface area contributed by atoms with E-state index in [0.717, 1.165) is 51.9 Å². The zero-order valence-corrected chi connectivity index (χ0v) is 46.9. The lowest BCUT2D eigenvalue weighted by atomic mass is 9.35. The van der Waals surface area contributed by atoms with Gasteiger partial charge in [0.2, 0.25) is 0 Å². The molecular formula is C74H60BN3OS. The van der Waals surface area contributed by atoms with Crippen molar-refractivity contribution < 1.29 is 4.74 Å². The molecule has 6 heteroatoms. The fourth-order valence-corrected chi connectivity index (χ4v) is 16.1. The van der Waals surface area contributed by atoms with Crippen molar-refractivity contribution in [1.29, 1.82) is 0 Å². The first-order valence-corrected chi connectivity index (χ1v) is 29.3. The topological polar surface area (TPSA) is 19.0 Å². The van der Waals surface area contributed by atoms with E-state index in [4.69, 9.17) is 4.74 Å². The van der Waals surface area contributed by atoms with Crippen LogP contribution in [0.1, 0.15) is 86.9 Å². The van der Waals surface area contributed by atoms with E-state index in [0.29, 0.717) is 6.42 Å². The highest BCUT2D eigenvalue weighted by molar-refractivity contribution is 8.00. The van der Waals surface area contributed by atoms with Gasteiger partial charge in [0.15, 0.2) is 5.60 Å². The summed E-state index contributed by atoms with van der Waals surface area (Å²) in [5.41, 5.74) is 27.4. The van der Waals surface area contributed by atoms with Gasteiger partial charge in [-0.2, -0.15) is 0 Å². The largest absolute Gasteiger partial charge is 0.489 e. The summed E-state index contributed by atoms with van der Waals surface area (Å²) in [6, 6.07) is 87.1. The summed E-state index contributed by atoms with van der Waals surface area (Å²) in [6.45, 7) is 13.6. The minimum atomic E-state index is -0.749. The van der Waals surface area contributed by atoms with Gasteiger partial charge in [0.1, 0.15) is 0 Å². The molecule has 0 radical (unpaired) electrons. The Morgan fingerprint density at radius 1 is 0.450 bits per heavy atom. The molecule has 0 bridgehead atoms. The summed E-state index contributed by atoms with van der Waals surface area (Å²) in [7, 11) is 0. The second kappa shape index (κ2) is 17.0. The van der Waals surface area contributed by atoms with Crippen molar-refractivity contribution >= 4 is 74.9 Å². The predicted octanol–water partition coefficient (Wildman–Crippen LogP) is 18.0. The number of thioether (sulfide) groups is 1. The number of nitrogens with zero attached hydrogens (tertiary/aromatic N) is 3. The van der Waals surface area contributed by atoms with Crippen LogP contribution in [0.4, 0.5) is 45.5 Å². The van der Waals surface area contributed by atoms with Crippen molar-refractivity contribution in [3.63, 3.8) is 0 Å². The third-order valence-corrected chi connectivity index (χ3v) is 19.7. The van der Waals surface area contributed by atoms with Gasteiger partial charge < -0.3 is 19.4 Å². The van der Waals surface area contributed by atoms with Gasteiger partial charge in [-0.25, -0.2) is 0 Å². The highest BCUT2D eigenvalue weighted by atomic mass is 32.2. The summed E-state index contributed by atoms with van der Waals surface area (Å²) in [5.74, 6) is 0. The van der Waals surface area contributed by atoms with Gasteiger partial charge in [0.25, 0.3) is 6.71 Å². The first-order chi connectivity index (χ1) is 38.9. The molecule has 10 aromatic rings. The van der Waals surface area contributed by atoms with Crippen molar-refractivity contribution in [2.45, 2.75) is 80.5 Å². The van der Waals surface area contributed by atoms with Crippen LogP contribution in [0.2, 0.25) is 0 Å². The highest BCUT2D eigenvalue weighted by Crippen LogP contribution is 2.65. The van der Waals surface area contributed by atoms with E-state index in [1.165, 1.54) is 88.4 Å². The molecule has 0 saturated carbocycles. The lowest BCUT2D eigenvalue weighted by Gasteiger charge is -2.44. The second-order valence-electron chi connectivity index (χ2n) is 24.8. The van der Waals surface area contributed by atoms with E-state index in [-0.39, 0.29) is 22.3 Å². The van der Waals surface area contributed by atoms with Crippen LogP contribution < -0.4 is 25.6 Å². The Morgan fingerprint density at radius 2 is 0.900 bits per heavy atom. The number of benzene rings is 10. The molecule has 80 heavy (non-hydrogen) atoms. The summed E-state index contributed by atoms with van der Waals surface area (Å²) in [6.07, 6.45) is 1.56. The summed E-state index contributed by atoms with van der Waals surface area (Å²) >= 11 is 2.05. The molecule has 4 heterocycles. The molecule has 4 aliphatic heterocycles. The first kappa shape index (κ1) is 47.5. The van der Waals surface area contributed by atoms with Crippen molar-refractivity contribution in [3.05, 3.63) is 281 Å². The normalized spacial score (nSPS) is 16.1. The fraction of sp³-hybridized carbons (Fsp3) is 0.162. The van der Waals surface area contributed by atoms with Crippen LogP contribution in [0, 0.1) is 0 Å². The number of rotatable bonds is 5. The van der Waals surface area contributed by atoms with E-state index in [9.17, 15) is 0 Å². The number of fused-ring (bicyclic) bond motifs is 14. The standard InChI is InChI=1S/C74H60BN3OS/c1-71(2,3)48-33-37-52(38-34-48)77-64-44-68-47(45-74(80-68)61-31-19-15-27-57(61)58-28-16-20-32-62(58)74)41-63(64)75-69-65(77)42-54(76(50-21-9-7-10-22-50)51-23-11-8-12-24-51)43-66(69)78(53-39-35-49(36-40-53)72(4,5)6)67-46-73(79-70(67)75)59-29-17-13-25-55(59)56-26-14-18-30-60(56)73/h7-44H,45-46H2,1-6H3. The molecular weight excluding hydrogens is 990 g/mol.